The summed E-state index contributed by atoms with van der Waals surface area (Å²) < 4.78 is 15.2. The first-order valence-corrected chi connectivity index (χ1v) is 10.3. The molecule has 0 spiro atoms. The Morgan fingerprint density at radius 3 is 2.48 bits per heavy atom. The van der Waals surface area contributed by atoms with Crippen LogP contribution >= 0.6 is 23.4 Å². The second-order valence-corrected chi connectivity index (χ2v) is 8.44. The molecule has 0 aliphatic carbocycles. The molecule has 0 unspecified atom stereocenters. The standard InChI is InChI=1S/C22H21ClFN3OS/c1-14-12-17(15(2)27(14)20-8-6-19(24)7-9-20)13-25-26-22(28)16(3)29-21-10-4-18(23)5-11-21/h4-13,16H,1-3H3,(H,26,28)/b25-13-/t16-/m0/s1. The number of hydrogen-bond donors (Lipinski definition) is 1. The highest BCUT2D eigenvalue weighted by Crippen LogP contribution is 2.25. The molecule has 1 amide bonds. The van der Waals surface area contributed by atoms with E-state index in [9.17, 15) is 9.18 Å². The lowest BCUT2D eigenvalue weighted by Gasteiger charge is -2.10. The van der Waals surface area contributed by atoms with Gasteiger partial charge in [0.15, 0.2) is 0 Å². The lowest BCUT2D eigenvalue weighted by molar-refractivity contribution is -0.120. The Balaban J connectivity index is 1.65. The second-order valence-electron chi connectivity index (χ2n) is 6.59. The van der Waals surface area contributed by atoms with Crippen LogP contribution in [0.3, 0.4) is 0 Å². The van der Waals surface area contributed by atoms with Crippen molar-refractivity contribution < 1.29 is 9.18 Å². The van der Waals surface area contributed by atoms with Crippen molar-refractivity contribution in [1.29, 1.82) is 0 Å². The van der Waals surface area contributed by atoms with E-state index in [0.717, 1.165) is 27.5 Å². The predicted octanol–water partition coefficient (Wildman–Crippen LogP) is 5.52. The molecule has 2 aromatic carbocycles. The molecule has 150 valence electrons. The Kier molecular flexibility index (Phi) is 6.77. The van der Waals surface area contributed by atoms with E-state index in [2.05, 4.69) is 10.5 Å². The number of amides is 1. The van der Waals surface area contributed by atoms with Gasteiger partial charge in [0.1, 0.15) is 5.82 Å². The van der Waals surface area contributed by atoms with E-state index in [0.29, 0.717) is 5.02 Å². The van der Waals surface area contributed by atoms with Crippen LogP contribution in [0.2, 0.25) is 5.02 Å². The molecular weight excluding hydrogens is 409 g/mol. The minimum atomic E-state index is -0.306. The van der Waals surface area contributed by atoms with E-state index in [1.165, 1.54) is 23.9 Å². The maximum absolute atomic E-state index is 13.2. The SMILES string of the molecule is Cc1cc(/C=N\NC(=O)[C@H](C)Sc2ccc(Cl)cc2)c(C)n1-c1ccc(F)cc1. The topological polar surface area (TPSA) is 46.4 Å². The number of halogens is 2. The number of aromatic nitrogens is 1. The van der Waals surface area contributed by atoms with Crippen LogP contribution in [0.25, 0.3) is 5.69 Å². The first-order chi connectivity index (χ1) is 13.8. The van der Waals surface area contributed by atoms with Gasteiger partial charge in [-0.1, -0.05) is 11.6 Å². The van der Waals surface area contributed by atoms with Gasteiger partial charge in [-0.25, -0.2) is 9.82 Å². The first-order valence-electron chi connectivity index (χ1n) is 9.05. The van der Waals surface area contributed by atoms with Crippen molar-refractivity contribution in [1.82, 2.24) is 9.99 Å². The molecule has 0 aliphatic rings. The molecule has 7 heteroatoms. The third-order valence-electron chi connectivity index (χ3n) is 4.43. The van der Waals surface area contributed by atoms with Gasteiger partial charge in [-0.2, -0.15) is 5.10 Å². The smallest absolute Gasteiger partial charge is 0.253 e. The molecule has 0 radical (unpaired) electrons. The van der Waals surface area contributed by atoms with Crippen LogP contribution in [0.15, 0.2) is 64.6 Å². The molecule has 0 saturated carbocycles. The Morgan fingerprint density at radius 1 is 1.17 bits per heavy atom. The molecule has 4 nitrogen and oxygen atoms in total. The summed E-state index contributed by atoms with van der Waals surface area (Å²) in [6.07, 6.45) is 1.62. The number of thioether (sulfide) groups is 1. The summed E-state index contributed by atoms with van der Waals surface area (Å²) in [5.74, 6) is -0.458. The van der Waals surface area contributed by atoms with E-state index in [-0.39, 0.29) is 17.0 Å². The van der Waals surface area contributed by atoms with Crippen molar-refractivity contribution in [3.8, 4) is 5.69 Å². The third-order valence-corrected chi connectivity index (χ3v) is 5.79. The van der Waals surface area contributed by atoms with E-state index in [1.807, 2.05) is 43.5 Å². The van der Waals surface area contributed by atoms with E-state index < -0.39 is 0 Å². The Bertz CT molecular complexity index is 1030. The number of hydrazone groups is 1. The molecule has 1 atom stereocenters. The van der Waals surface area contributed by atoms with Gasteiger partial charge in [0.05, 0.1) is 11.5 Å². The average Bonchev–Trinajstić information content (AvgIpc) is 2.97. The van der Waals surface area contributed by atoms with Crippen molar-refractivity contribution in [2.75, 3.05) is 0 Å². The lowest BCUT2D eigenvalue weighted by atomic mass is 10.2. The van der Waals surface area contributed by atoms with Gasteiger partial charge in [-0.05, 0) is 75.4 Å². The summed E-state index contributed by atoms with van der Waals surface area (Å²) in [5.41, 5.74) is 6.29. The highest BCUT2D eigenvalue weighted by Gasteiger charge is 2.14. The molecule has 1 heterocycles. The molecule has 29 heavy (non-hydrogen) atoms. The molecule has 3 aromatic rings. The van der Waals surface area contributed by atoms with Crippen LogP contribution in [0, 0.1) is 19.7 Å². The number of benzene rings is 2. The largest absolute Gasteiger partial charge is 0.318 e. The van der Waals surface area contributed by atoms with Crippen LogP contribution in [0.1, 0.15) is 23.9 Å². The zero-order valence-corrected chi connectivity index (χ0v) is 17.9. The van der Waals surface area contributed by atoms with Crippen LogP contribution < -0.4 is 5.43 Å². The van der Waals surface area contributed by atoms with Gasteiger partial charge in [0.2, 0.25) is 0 Å². The summed E-state index contributed by atoms with van der Waals surface area (Å²) in [4.78, 5) is 13.3. The van der Waals surface area contributed by atoms with E-state index in [1.54, 1.807) is 30.5 Å². The highest BCUT2D eigenvalue weighted by molar-refractivity contribution is 8.00. The van der Waals surface area contributed by atoms with Crippen LogP contribution in [-0.4, -0.2) is 21.9 Å². The number of hydrogen-bond acceptors (Lipinski definition) is 3. The molecule has 0 fully saturated rings. The van der Waals surface area contributed by atoms with Gasteiger partial charge in [0, 0.05) is 32.6 Å². The summed E-state index contributed by atoms with van der Waals surface area (Å²) in [6.45, 7) is 5.75. The van der Waals surface area contributed by atoms with Crippen LogP contribution in [-0.2, 0) is 4.79 Å². The quantitative estimate of drug-likeness (QED) is 0.318. The van der Waals surface area contributed by atoms with Crippen molar-refractivity contribution >= 4 is 35.5 Å². The Hall–Kier alpha value is -2.57. The Morgan fingerprint density at radius 2 is 1.83 bits per heavy atom. The zero-order chi connectivity index (χ0) is 21.0. The maximum atomic E-state index is 13.2. The fraction of sp³-hybridized carbons (Fsp3) is 0.182. The maximum Gasteiger partial charge on any atom is 0.253 e. The fourth-order valence-corrected chi connectivity index (χ4v) is 3.92. The van der Waals surface area contributed by atoms with E-state index in [4.69, 9.17) is 11.6 Å². The Labute approximate surface area is 178 Å². The van der Waals surface area contributed by atoms with Crippen molar-refractivity contribution in [2.24, 2.45) is 5.10 Å². The minimum absolute atomic E-state index is 0.187. The molecule has 1 N–H and O–H groups in total. The van der Waals surface area contributed by atoms with Crippen LogP contribution in [0.5, 0.6) is 0 Å². The summed E-state index contributed by atoms with van der Waals surface area (Å²) >= 11 is 7.32. The van der Waals surface area contributed by atoms with Crippen LogP contribution in [0.4, 0.5) is 4.39 Å². The van der Waals surface area contributed by atoms with Gasteiger partial charge >= 0.3 is 0 Å². The molecule has 1 aromatic heterocycles. The van der Waals surface area contributed by atoms with Gasteiger partial charge < -0.3 is 4.57 Å². The zero-order valence-electron chi connectivity index (χ0n) is 16.3. The van der Waals surface area contributed by atoms with Gasteiger partial charge in [-0.3, -0.25) is 4.79 Å². The second kappa shape index (κ2) is 9.29. The van der Waals surface area contributed by atoms with Crippen molar-refractivity contribution in [2.45, 2.75) is 30.9 Å². The van der Waals surface area contributed by atoms with E-state index >= 15 is 0 Å². The number of carbonyl (C=O) groups excluding carboxylic acids is 1. The highest BCUT2D eigenvalue weighted by atomic mass is 35.5. The number of carbonyl (C=O) groups is 1. The predicted molar refractivity (Wildman–Crippen MR) is 118 cm³/mol. The third kappa shape index (κ3) is 5.28. The summed E-state index contributed by atoms with van der Waals surface area (Å²) in [5, 5.41) is 4.46. The lowest BCUT2D eigenvalue weighted by Crippen LogP contribution is -2.26. The monoisotopic (exact) mass is 429 g/mol. The molecular formula is C22H21ClFN3OS. The van der Waals surface area contributed by atoms with Gasteiger partial charge in [-0.15, -0.1) is 11.8 Å². The first kappa shape index (κ1) is 21.1. The van der Waals surface area contributed by atoms with Gasteiger partial charge in [0.25, 0.3) is 5.91 Å². The molecule has 0 aliphatic heterocycles. The summed E-state index contributed by atoms with van der Waals surface area (Å²) in [7, 11) is 0. The molecule has 0 saturated heterocycles. The fourth-order valence-electron chi connectivity index (χ4n) is 2.93. The van der Waals surface area contributed by atoms with Crippen molar-refractivity contribution in [3.05, 3.63) is 82.4 Å². The number of nitrogens with one attached hydrogen (secondary N) is 1. The number of aryl methyl sites for hydroxylation is 1. The molecule has 0 bridgehead atoms. The van der Waals surface area contributed by atoms with Crippen molar-refractivity contribution in [3.63, 3.8) is 0 Å². The minimum Gasteiger partial charge on any atom is -0.318 e. The normalized spacial score (nSPS) is 12.3. The number of rotatable bonds is 6. The summed E-state index contributed by atoms with van der Waals surface area (Å²) in [6, 6.07) is 15.6. The molecule has 3 rings (SSSR count). The number of nitrogens with zero attached hydrogens (tertiary/aromatic N) is 2. The average molecular weight is 430 g/mol.